The van der Waals surface area contributed by atoms with E-state index in [0.717, 1.165) is 41.3 Å². The van der Waals surface area contributed by atoms with Crippen molar-refractivity contribution in [1.82, 2.24) is 0 Å². The molecular weight excluding hydrogens is 278 g/mol. The monoisotopic (exact) mass is 297 g/mol. The maximum atomic E-state index is 10.3. The first-order valence-corrected chi connectivity index (χ1v) is 7.03. The lowest BCUT2D eigenvalue weighted by molar-refractivity contribution is 0.291. The fourth-order valence-corrected chi connectivity index (χ4v) is 3.22. The molecule has 2 nitrogen and oxygen atoms in total. The molecule has 3 N–H and O–H groups in total. The zero-order valence-corrected chi connectivity index (χ0v) is 12.1. The van der Waals surface area contributed by atoms with Gasteiger partial charge in [0.25, 0.3) is 0 Å². The molecule has 94 valence electrons. The molecule has 0 aliphatic heterocycles. The Kier molecular flexibility index (Phi) is 3.50. The van der Waals surface area contributed by atoms with E-state index in [4.69, 9.17) is 5.73 Å². The Morgan fingerprint density at radius 3 is 2.41 bits per heavy atom. The second-order valence-corrected chi connectivity index (χ2v) is 6.04. The predicted molar refractivity (Wildman–Crippen MR) is 74.2 cm³/mol. The van der Waals surface area contributed by atoms with E-state index in [1.165, 1.54) is 12.0 Å². The summed E-state index contributed by atoms with van der Waals surface area (Å²) in [5.41, 5.74) is 9.32. The highest BCUT2D eigenvalue weighted by Gasteiger charge is 2.33. The van der Waals surface area contributed by atoms with Crippen LogP contribution in [0, 0.1) is 13.8 Å². The third kappa shape index (κ3) is 2.23. The quantitative estimate of drug-likeness (QED) is 0.826. The van der Waals surface area contributed by atoms with Gasteiger partial charge in [-0.2, -0.15) is 0 Å². The molecule has 0 heterocycles. The Labute approximate surface area is 111 Å². The Bertz CT molecular complexity index is 436. The molecule has 0 bridgehead atoms. The number of nitrogens with two attached hydrogens (primary N) is 1. The van der Waals surface area contributed by atoms with Gasteiger partial charge in [-0.3, -0.25) is 0 Å². The van der Waals surface area contributed by atoms with Crippen molar-refractivity contribution in [2.75, 3.05) is 0 Å². The van der Waals surface area contributed by atoms with Gasteiger partial charge in [-0.25, -0.2) is 0 Å². The summed E-state index contributed by atoms with van der Waals surface area (Å²) >= 11 is 3.47. The van der Waals surface area contributed by atoms with Crippen molar-refractivity contribution < 1.29 is 5.11 Å². The van der Waals surface area contributed by atoms with Crippen molar-refractivity contribution in [1.29, 1.82) is 0 Å². The molecule has 0 unspecified atom stereocenters. The van der Waals surface area contributed by atoms with Gasteiger partial charge in [0.15, 0.2) is 0 Å². The average molecular weight is 298 g/mol. The first-order valence-electron chi connectivity index (χ1n) is 6.24. The maximum Gasteiger partial charge on any atom is 0.135 e. The lowest BCUT2D eigenvalue weighted by Crippen LogP contribution is -2.38. The Morgan fingerprint density at radius 2 is 1.82 bits per heavy atom. The number of aromatic hydroxyl groups is 1. The standard InChI is InChI=1S/C14H20BrNO/c1-9-8-11(13(17)12(15)10(9)2)14(16)6-4-3-5-7-14/h8,17H,3-7,16H2,1-2H3. The molecule has 0 atom stereocenters. The van der Waals surface area contributed by atoms with Crippen LogP contribution in [-0.2, 0) is 5.54 Å². The third-order valence-electron chi connectivity index (χ3n) is 4.03. The summed E-state index contributed by atoms with van der Waals surface area (Å²) in [6, 6.07) is 2.06. The highest BCUT2D eigenvalue weighted by molar-refractivity contribution is 9.10. The highest BCUT2D eigenvalue weighted by Crippen LogP contribution is 2.43. The van der Waals surface area contributed by atoms with Gasteiger partial charge >= 0.3 is 0 Å². The summed E-state index contributed by atoms with van der Waals surface area (Å²) in [7, 11) is 0. The second kappa shape index (κ2) is 4.62. The number of aryl methyl sites for hydroxylation is 1. The zero-order chi connectivity index (χ0) is 12.6. The van der Waals surface area contributed by atoms with Crippen LogP contribution in [0.4, 0.5) is 0 Å². The largest absolute Gasteiger partial charge is 0.506 e. The number of rotatable bonds is 1. The van der Waals surface area contributed by atoms with E-state index >= 15 is 0 Å². The Morgan fingerprint density at radius 1 is 1.24 bits per heavy atom. The number of hydrogen-bond acceptors (Lipinski definition) is 2. The lowest BCUT2D eigenvalue weighted by atomic mass is 9.76. The van der Waals surface area contributed by atoms with Gasteiger partial charge in [0.2, 0.25) is 0 Å². The number of phenols is 1. The van der Waals surface area contributed by atoms with Gasteiger partial charge in [0.05, 0.1) is 4.47 Å². The minimum absolute atomic E-state index is 0.331. The molecule has 3 heteroatoms. The summed E-state index contributed by atoms with van der Waals surface area (Å²) in [6.07, 6.45) is 5.50. The number of benzene rings is 1. The van der Waals surface area contributed by atoms with Crippen LogP contribution in [0.3, 0.4) is 0 Å². The van der Waals surface area contributed by atoms with Crippen LogP contribution in [0.1, 0.15) is 48.8 Å². The van der Waals surface area contributed by atoms with Crippen molar-refractivity contribution in [3.05, 3.63) is 27.2 Å². The molecule has 1 aromatic rings. The van der Waals surface area contributed by atoms with Gasteiger partial charge < -0.3 is 10.8 Å². The molecular formula is C14H20BrNO. The molecule has 2 rings (SSSR count). The first kappa shape index (κ1) is 12.9. The number of phenolic OH excluding ortho intramolecular Hbond substituents is 1. The molecule has 17 heavy (non-hydrogen) atoms. The summed E-state index contributed by atoms with van der Waals surface area (Å²) < 4.78 is 0.794. The molecule has 0 aromatic heterocycles. The maximum absolute atomic E-state index is 10.3. The second-order valence-electron chi connectivity index (χ2n) is 5.25. The van der Waals surface area contributed by atoms with Crippen LogP contribution in [0.15, 0.2) is 10.5 Å². The van der Waals surface area contributed by atoms with Crippen molar-refractivity contribution in [3.63, 3.8) is 0 Å². The Hall–Kier alpha value is -0.540. The molecule has 0 spiro atoms. The number of hydrogen-bond donors (Lipinski definition) is 2. The SMILES string of the molecule is Cc1cc(C2(N)CCCCC2)c(O)c(Br)c1C. The molecule has 0 amide bonds. The van der Waals surface area contributed by atoms with Crippen molar-refractivity contribution in [2.45, 2.75) is 51.5 Å². The van der Waals surface area contributed by atoms with Gasteiger partial charge in [-0.1, -0.05) is 25.3 Å². The van der Waals surface area contributed by atoms with Crippen molar-refractivity contribution in [3.8, 4) is 5.75 Å². The van der Waals surface area contributed by atoms with Crippen molar-refractivity contribution >= 4 is 15.9 Å². The molecule has 1 aliphatic rings. The van der Waals surface area contributed by atoms with Gasteiger partial charge in [0, 0.05) is 11.1 Å². The summed E-state index contributed by atoms with van der Waals surface area (Å²) in [5.74, 6) is 0.331. The van der Waals surface area contributed by atoms with E-state index in [2.05, 4.69) is 28.9 Å². The van der Waals surface area contributed by atoms with Crippen molar-refractivity contribution in [2.24, 2.45) is 5.73 Å². The van der Waals surface area contributed by atoms with Crippen LogP contribution in [0.25, 0.3) is 0 Å². The minimum Gasteiger partial charge on any atom is -0.506 e. The van der Waals surface area contributed by atoms with E-state index in [0.29, 0.717) is 5.75 Å². The third-order valence-corrected chi connectivity index (χ3v) is 5.00. The van der Waals surface area contributed by atoms with E-state index in [1.54, 1.807) is 0 Å². The molecule has 0 saturated heterocycles. The van der Waals surface area contributed by atoms with Crippen LogP contribution in [0.2, 0.25) is 0 Å². The fraction of sp³-hybridized carbons (Fsp3) is 0.571. The Balaban J connectivity index is 2.51. The van der Waals surface area contributed by atoms with Crippen LogP contribution in [-0.4, -0.2) is 5.11 Å². The van der Waals surface area contributed by atoms with Crippen LogP contribution < -0.4 is 5.73 Å². The van der Waals surface area contributed by atoms with E-state index in [9.17, 15) is 5.11 Å². The first-order chi connectivity index (χ1) is 7.96. The van der Waals surface area contributed by atoms with E-state index in [1.807, 2.05) is 6.92 Å². The fourth-order valence-electron chi connectivity index (χ4n) is 2.69. The van der Waals surface area contributed by atoms with Gasteiger partial charge in [-0.05, 0) is 53.7 Å². The molecule has 1 aliphatic carbocycles. The molecule has 0 radical (unpaired) electrons. The van der Waals surface area contributed by atoms with Gasteiger partial charge in [-0.15, -0.1) is 0 Å². The zero-order valence-electron chi connectivity index (χ0n) is 10.5. The van der Waals surface area contributed by atoms with Crippen LogP contribution in [0.5, 0.6) is 5.75 Å². The minimum atomic E-state index is -0.344. The number of halogens is 1. The summed E-state index contributed by atoms with van der Waals surface area (Å²) in [6.45, 7) is 4.07. The molecule has 1 fully saturated rings. The molecule has 1 aromatic carbocycles. The van der Waals surface area contributed by atoms with E-state index < -0.39 is 0 Å². The smallest absolute Gasteiger partial charge is 0.135 e. The summed E-state index contributed by atoms with van der Waals surface area (Å²) in [5, 5.41) is 10.3. The van der Waals surface area contributed by atoms with Gasteiger partial charge in [0.1, 0.15) is 5.75 Å². The predicted octanol–water partition coefficient (Wildman–Crippen LogP) is 3.89. The van der Waals surface area contributed by atoms with E-state index in [-0.39, 0.29) is 5.54 Å². The average Bonchev–Trinajstić information content (AvgIpc) is 2.32. The summed E-state index contributed by atoms with van der Waals surface area (Å²) in [4.78, 5) is 0. The highest BCUT2D eigenvalue weighted by atomic mass is 79.9. The topological polar surface area (TPSA) is 46.2 Å². The molecule has 1 saturated carbocycles. The van der Waals surface area contributed by atoms with Crippen LogP contribution >= 0.6 is 15.9 Å². The normalized spacial score (nSPS) is 19.3. The lowest BCUT2D eigenvalue weighted by Gasteiger charge is -2.35.